The Bertz CT molecular complexity index is 1110. The summed E-state index contributed by atoms with van der Waals surface area (Å²) in [6.07, 6.45) is 0.395. The molecule has 2 amide bonds. The molecule has 0 saturated carbocycles. The van der Waals surface area contributed by atoms with Gasteiger partial charge in [-0.2, -0.15) is 0 Å². The van der Waals surface area contributed by atoms with Crippen molar-refractivity contribution in [3.05, 3.63) is 95.6 Å². The van der Waals surface area contributed by atoms with Crippen molar-refractivity contribution in [2.75, 3.05) is 13.7 Å². The normalized spacial score (nSPS) is 11.6. The van der Waals surface area contributed by atoms with Gasteiger partial charge >= 0.3 is 0 Å². The van der Waals surface area contributed by atoms with Gasteiger partial charge in [0.05, 0.1) is 7.11 Å². The second kappa shape index (κ2) is 12.6. The Morgan fingerprint density at radius 1 is 0.886 bits per heavy atom. The predicted molar refractivity (Wildman–Crippen MR) is 137 cm³/mol. The van der Waals surface area contributed by atoms with E-state index in [1.54, 1.807) is 24.1 Å². The summed E-state index contributed by atoms with van der Waals surface area (Å²) in [5.41, 5.74) is 3.01. The van der Waals surface area contributed by atoms with Crippen molar-refractivity contribution < 1.29 is 19.1 Å². The highest BCUT2D eigenvalue weighted by atomic mass is 16.5. The average molecular weight is 475 g/mol. The van der Waals surface area contributed by atoms with E-state index in [-0.39, 0.29) is 24.5 Å². The lowest BCUT2D eigenvalue weighted by Gasteiger charge is -2.32. The van der Waals surface area contributed by atoms with Gasteiger partial charge in [0, 0.05) is 19.0 Å². The van der Waals surface area contributed by atoms with Gasteiger partial charge in [-0.1, -0.05) is 66.7 Å². The molecule has 0 aliphatic heterocycles. The highest BCUT2D eigenvalue weighted by Gasteiger charge is 2.31. The molecule has 0 aliphatic rings. The number of methoxy groups -OCH3 is 1. The number of nitrogens with one attached hydrogen (secondary N) is 1. The van der Waals surface area contributed by atoms with Crippen molar-refractivity contribution in [3.8, 4) is 11.5 Å². The molecule has 0 saturated heterocycles. The lowest BCUT2D eigenvalue weighted by Crippen LogP contribution is -2.52. The lowest BCUT2D eigenvalue weighted by atomic mass is 10.0. The van der Waals surface area contributed by atoms with Crippen molar-refractivity contribution in [3.63, 3.8) is 0 Å². The fourth-order valence-corrected chi connectivity index (χ4v) is 3.87. The van der Waals surface area contributed by atoms with Crippen LogP contribution in [0, 0.1) is 6.92 Å². The third-order valence-electron chi connectivity index (χ3n) is 5.72. The number of nitrogens with zero attached hydrogens (tertiary/aromatic N) is 1. The molecule has 3 aromatic carbocycles. The Balaban J connectivity index is 1.93. The van der Waals surface area contributed by atoms with Crippen molar-refractivity contribution >= 4 is 11.8 Å². The SMILES string of the molecule is COc1ccccc1OCC(=O)N(Cc1ccccc1C)[C@@H](Cc1ccccc1)C(=O)NC(C)C. The Labute approximate surface area is 207 Å². The number of hydrogen-bond donors (Lipinski definition) is 1. The summed E-state index contributed by atoms with van der Waals surface area (Å²) >= 11 is 0. The topological polar surface area (TPSA) is 67.9 Å². The van der Waals surface area contributed by atoms with Gasteiger partial charge in [0.15, 0.2) is 18.1 Å². The van der Waals surface area contributed by atoms with Crippen LogP contribution in [0.3, 0.4) is 0 Å². The van der Waals surface area contributed by atoms with Gasteiger partial charge in [0.1, 0.15) is 6.04 Å². The van der Waals surface area contributed by atoms with Crippen LogP contribution in [0.15, 0.2) is 78.9 Å². The molecule has 1 N–H and O–H groups in total. The zero-order chi connectivity index (χ0) is 25.2. The van der Waals surface area contributed by atoms with E-state index in [9.17, 15) is 9.59 Å². The first-order chi connectivity index (χ1) is 16.9. The smallest absolute Gasteiger partial charge is 0.261 e. The third-order valence-corrected chi connectivity index (χ3v) is 5.72. The Morgan fingerprint density at radius 2 is 1.51 bits per heavy atom. The molecule has 1 atom stereocenters. The number of para-hydroxylation sites is 2. The average Bonchev–Trinajstić information content (AvgIpc) is 2.86. The maximum Gasteiger partial charge on any atom is 0.261 e. The molecule has 0 aliphatic carbocycles. The first kappa shape index (κ1) is 25.8. The van der Waals surface area contributed by atoms with E-state index in [1.165, 1.54) is 0 Å². The number of hydrogen-bond acceptors (Lipinski definition) is 4. The highest BCUT2D eigenvalue weighted by Crippen LogP contribution is 2.26. The number of ether oxygens (including phenoxy) is 2. The molecule has 3 aromatic rings. The molecule has 6 heteroatoms. The Morgan fingerprint density at radius 3 is 2.17 bits per heavy atom. The number of aryl methyl sites for hydroxylation is 1. The molecule has 0 spiro atoms. The summed E-state index contributed by atoms with van der Waals surface area (Å²) < 4.78 is 11.2. The van der Waals surface area contributed by atoms with E-state index in [0.717, 1.165) is 16.7 Å². The molecule has 6 nitrogen and oxygen atoms in total. The van der Waals surface area contributed by atoms with Crippen LogP contribution in [0.5, 0.6) is 11.5 Å². The highest BCUT2D eigenvalue weighted by molar-refractivity contribution is 5.88. The van der Waals surface area contributed by atoms with Crippen molar-refractivity contribution in [2.24, 2.45) is 0 Å². The molecule has 0 aromatic heterocycles. The third kappa shape index (κ3) is 7.34. The second-order valence-corrected chi connectivity index (χ2v) is 8.76. The van der Waals surface area contributed by atoms with E-state index >= 15 is 0 Å². The van der Waals surface area contributed by atoms with E-state index in [4.69, 9.17) is 9.47 Å². The van der Waals surface area contributed by atoms with Crippen LogP contribution in [0.1, 0.15) is 30.5 Å². The van der Waals surface area contributed by atoms with Gasteiger partial charge in [-0.3, -0.25) is 9.59 Å². The Hall–Kier alpha value is -3.80. The van der Waals surface area contributed by atoms with Crippen LogP contribution < -0.4 is 14.8 Å². The van der Waals surface area contributed by atoms with E-state index < -0.39 is 6.04 Å². The van der Waals surface area contributed by atoms with E-state index in [1.807, 2.05) is 87.5 Å². The molecular weight excluding hydrogens is 440 g/mol. The minimum Gasteiger partial charge on any atom is -0.493 e. The van der Waals surface area contributed by atoms with Gasteiger partial charge in [-0.15, -0.1) is 0 Å². The first-order valence-corrected chi connectivity index (χ1v) is 11.8. The van der Waals surface area contributed by atoms with Gasteiger partial charge in [0.2, 0.25) is 5.91 Å². The number of benzene rings is 3. The molecule has 0 radical (unpaired) electrons. The molecule has 184 valence electrons. The number of amides is 2. The monoisotopic (exact) mass is 474 g/mol. The van der Waals surface area contributed by atoms with Crippen molar-refractivity contribution in [1.82, 2.24) is 10.2 Å². The van der Waals surface area contributed by atoms with E-state index in [2.05, 4.69) is 5.32 Å². The molecule has 0 heterocycles. The first-order valence-electron chi connectivity index (χ1n) is 11.8. The molecule has 0 bridgehead atoms. The summed E-state index contributed by atoms with van der Waals surface area (Å²) in [7, 11) is 1.56. The minimum atomic E-state index is -0.701. The van der Waals surface area contributed by atoms with Gasteiger partial charge in [0.25, 0.3) is 5.91 Å². The number of carbonyl (C=O) groups excluding carboxylic acids is 2. The van der Waals surface area contributed by atoms with Crippen molar-refractivity contribution in [2.45, 2.75) is 45.8 Å². The predicted octanol–water partition coefficient (Wildman–Crippen LogP) is 4.55. The van der Waals surface area contributed by atoms with E-state index in [0.29, 0.717) is 24.5 Å². The molecule has 0 unspecified atom stereocenters. The fourth-order valence-electron chi connectivity index (χ4n) is 3.87. The molecule has 35 heavy (non-hydrogen) atoms. The quantitative estimate of drug-likeness (QED) is 0.443. The zero-order valence-electron chi connectivity index (χ0n) is 20.9. The van der Waals surface area contributed by atoms with Crippen LogP contribution in [-0.4, -0.2) is 42.5 Å². The summed E-state index contributed by atoms with van der Waals surface area (Å²) in [5.74, 6) is 0.552. The zero-order valence-corrected chi connectivity index (χ0v) is 20.9. The minimum absolute atomic E-state index is 0.0546. The molecular formula is C29H34N2O4. The van der Waals surface area contributed by atoms with Crippen LogP contribution in [0.25, 0.3) is 0 Å². The standard InChI is InChI=1S/C29H34N2O4/c1-21(2)30-29(33)25(18-23-13-6-5-7-14-23)31(19-24-15-9-8-12-22(24)3)28(32)20-35-27-17-11-10-16-26(27)34-4/h5-17,21,25H,18-20H2,1-4H3,(H,30,33)/t25-/m0/s1. The largest absolute Gasteiger partial charge is 0.493 e. The van der Waals surface area contributed by atoms with Crippen LogP contribution in [-0.2, 0) is 22.6 Å². The summed E-state index contributed by atoms with van der Waals surface area (Å²) in [4.78, 5) is 28.6. The maximum absolute atomic E-state index is 13.6. The Kier molecular flexibility index (Phi) is 9.30. The lowest BCUT2D eigenvalue weighted by molar-refractivity contribution is -0.143. The maximum atomic E-state index is 13.6. The van der Waals surface area contributed by atoms with Crippen LogP contribution in [0.4, 0.5) is 0 Å². The molecule has 0 fully saturated rings. The molecule has 3 rings (SSSR count). The summed E-state index contributed by atoms with van der Waals surface area (Å²) in [6, 6.07) is 24.1. The van der Waals surface area contributed by atoms with Crippen LogP contribution in [0.2, 0.25) is 0 Å². The van der Waals surface area contributed by atoms with Crippen molar-refractivity contribution in [1.29, 1.82) is 0 Å². The number of rotatable bonds is 11. The van der Waals surface area contributed by atoms with Gasteiger partial charge < -0.3 is 19.7 Å². The number of carbonyl (C=O) groups is 2. The summed E-state index contributed by atoms with van der Waals surface area (Å²) in [6.45, 7) is 5.91. The van der Waals surface area contributed by atoms with Gasteiger partial charge in [-0.25, -0.2) is 0 Å². The summed E-state index contributed by atoms with van der Waals surface area (Å²) in [5, 5.41) is 3.00. The second-order valence-electron chi connectivity index (χ2n) is 8.76. The van der Waals surface area contributed by atoms with Crippen LogP contribution >= 0.6 is 0 Å². The van der Waals surface area contributed by atoms with Gasteiger partial charge in [-0.05, 0) is 49.6 Å². The fraction of sp³-hybridized carbons (Fsp3) is 0.310.